The molecule has 0 bridgehead atoms. The van der Waals surface area contributed by atoms with Gasteiger partial charge in [0.1, 0.15) is 0 Å². The van der Waals surface area contributed by atoms with E-state index in [1.165, 1.54) is 0 Å². The van der Waals surface area contributed by atoms with E-state index in [9.17, 15) is 9.59 Å². The fraction of sp³-hybridized carbons (Fsp3) is 0.417. The minimum Gasteiger partial charge on any atom is -0.481 e. The van der Waals surface area contributed by atoms with Crippen molar-refractivity contribution in [2.45, 2.75) is 12.5 Å². The highest BCUT2D eigenvalue weighted by atomic mass is 16.5. The fourth-order valence-electron chi connectivity index (χ4n) is 1.86. The smallest absolute Gasteiger partial charge is 0.322 e. The van der Waals surface area contributed by atoms with Gasteiger partial charge in [0, 0.05) is 19.3 Å². The van der Waals surface area contributed by atoms with E-state index in [0.29, 0.717) is 18.8 Å². The van der Waals surface area contributed by atoms with Crippen LogP contribution in [0.25, 0.3) is 0 Å². The van der Waals surface area contributed by atoms with Gasteiger partial charge in [0.25, 0.3) is 0 Å². The number of hydrogen-bond donors (Lipinski definition) is 2. The van der Waals surface area contributed by atoms with Crippen LogP contribution in [-0.2, 0) is 9.53 Å². The lowest BCUT2D eigenvalue weighted by molar-refractivity contribution is -0.141. The summed E-state index contributed by atoms with van der Waals surface area (Å²) in [6.45, 7) is 1.07. The summed E-state index contributed by atoms with van der Waals surface area (Å²) in [5.74, 6) is -0.931. The summed E-state index contributed by atoms with van der Waals surface area (Å²) < 4.78 is 5.30. The second-order valence-corrected chi connectivity index (χ2v) is 4.21. The predicted molar refractivity (Wildman–Crippen MR) is 66.8 cm³/mol. The molecule has 1 atom stereocenters. The Morgan fingerprint density at radius 3 is 3.11 bits per heavy atom. The van der Waals surface area contributed by atoms with Gasteiger partial charge in [-0.15, -0.1) is 0 Å². The monoisotopic (exact) mass is 265 g/mol. The standard InChI is InChI=1S/C12H15N3O4/c16-11(17)6-10-8-15(4-5-19-10)12(18)14-9-2-1-3-13-7-9/h1-3,7,10H,4-6,8H2,(H,14,18)(H,16,17). The molecular formula is C12H15N3O4. The van der Waals surface area contributed by atoms with Crippen LogP contribution in [0.1, 0.15) is 6.42 Å². The Bertz CT molecular complexity index is 452. The number of nitrogens with zero attached hydrogens (tertiary/aromatic N) is 2. The second kappa shape index (κ2) is 6.14. The quantitative estimate of drug-likeness (QED) is 0.843. The van der Waals surface area contributed by atoms with Gasteiger partial charge >= 0.3 is 12.0 Å². The van der Waals surface area contributed by atoms with Crippen molar-refractivity contribution < 1.29 is 19.4 Å². The number of carboxylic acid groups (broad SMARTS) is 1. The minimum atomic E-state index is -0.931. The zero-order valence-electron chi connectivity index (χ0n) is 10.3. The van der Waals surface area contributed by atoms with Gasteiger partial charge in [-0.1, -0.05) is 0 Å². The van der Waals surface area contributed by atoms with Gasteiger partial charge in [-0.2, -0.15) is 0 Å². The fourth-order valence-corrected chi connectivity index (χ4v) is 1.86. The summed E-state index contributed by atoms with van der Waals surface area (Å²) in [6, 6.07) is 3.19. The molecule has 1 saturated heterocycles. The molecule has 102 valence electrons. The third kappa shape index (κ3) is 3.92. The first-order chi connectivity index (χ1) is 9.15. The zero-order chi connectivity index (χ0) is 13.7. The van der Waals surface area contributed by atoms with Crippen molar-refractivity contribution in [1.82, 2.24) is 9.88 Å². The Hall–Kier alpha value is -2.15. The first-order valence-electron chi connectivity index (χ1n) is 5.94. The third-order valence-corrected chi connectivity index (χ3v) is 2.74. The molecular weight excluding hydrogens is 250 g/mol. The summed E-state index contributed by atoms with van der Waals surface area (Å²) in [7, 11) is 0. The molecule has 1 fully saturated rings. The first-order valence-corrected chi connectivity index (χ1v) is 5.94. The maximum absolute atomic E-state index is 12.0. The van der Waals surface area contributed by atoms with E-state index < -0.39 is 12.1 Å². The maximum atomic E-state index is 12.0. The molecule has 19 heavy (non-hydrogen) atoms. The molecule has 2 amide bonds. The summed E-state index contributed by atoms with van der Waals surface area (Å²) in [5.41, 5.74) is 0.605. The number of aromatic nitrogens is 1. The molecule has 1 aliphatic heterocycles. The summed E-state index contributed by atoms with van der Waals surface area (Å²) in [6.07, 6.45) is 2.61. The van der Waals surface area contributed by atoms with Crippen LogP contribution in [-0.4, -0.2) is 52.8 Å². The van der Waals surface area contributed by atoms with Crippen molar-refractivity contribution in [3.8, 4) is 0 Å². The number of carboxylic acids is 1. The van der Waals surface area contributed by atoms with Crippen molar-refractivity contribution in [1.29, 1.82) is 0 Å². The number of nitrogens with one attached hydrogen (secondary N) is 1. The number of carbonyl (C=O) groups excluding carboxylic acids is 1. The van der Waals surface area contributed by atoms with Crippen LogP contribution in [0.3, 0.4) is 0 Å². The number of rotatable bonds is 3. The molecule has 2 N–H and O–H groups in total. The Kier molecular flexibility index (Phi) is 4.30. The number of anilines is 1. The highest BCUT2D eigenvalue weighted by Crippen LogP contribution is 2.11. The summed E-state index contributed by atoms with van der Waals surface area (Å²) in [5, 5.41) is 11.4. The molecule has 1 aromatic rings. The van der Waals surface area contributed by atoms with Crippen molar-refractivity contribution in [2.75, 3.05) is 25.0 Å². The number of ether oxygens (including phenoxy) is 1. The molecule has 1 aliphatic rings. The average Bonchev–Trinajstić information content (AvgIpc) is 2.39. The van der Waals surface area contributed by atoms with Crippen LogP contribution in [0.2, 0.25) is 0 Å². The SMILES string of the molecule is O=C(O)CC1CN(C(=O)Nc2cccnc2)CCO1. The van der Waals surface area contributed by atoms with Crippen molar-refractivity contribution in [3.05, 3.63) is 24.5 Å². The minimum absolute atomic E-state index is 0.101. The van der Waals surface area contributed by atoms with Crippen LogP contribution in [0.5, 0.6) is 0 Å². The Morgan fingerprint density at radius 2 is 2.42 bits per heavy atom. The van der Waals surface area contributed by atoms with Crippen molar-refractivity contribution in [3.63, 3.8) is 0 Å². The second-order valence-electron chi connectivity index (χ2n) is 4.21. The topological polar surface area (TPSA) is 91.8 Å². The number of morpholine rings is 1. The van der Waals surface area contributed by atoms with E-state index in [1.54, 1.807) is 29.4 Å². The van der Waals surface area contributed by atoms with Gasteiger partial charge in [0.15, 0.2) is 0 Å². The largest absolute Gasteiger partial charge is 0.481 e. The summed E-state index contributed by atoms with van der Waals surface area (Å²) in [4.78, 5) is 28.1. The lowest BCUT2D eigenvalue weighted by Crippen LogP contribution is -2.47. The summed E-state index contributed by atoms with van der Waals surface area (Å²) >= 11 is 0. The molecule has 7 heteroatoms. The van der Waals surface area contributed by atoms with E-state index in [1.807, 2.05) is 0 Å². The van der Waals surface area contributed by atoms with E-state index in [0.717, 1.165) is 0 Å². The van der Waals surface area contributed by atoms with Gasteiger partial charge in [0.2, 0.25) is 0 Å². The highest BCUT2D eigenvalue weighted by molar-refractivity contribution is 5.89. The molecule has 0 aliphatic carbocycles. The molecule has 1 unspecified atom stereocenters. The number of pyridine rings is 1. The van der Waals surface area contributed by atoms with Gasteiger partial charge in [-0.05, 0) is 12.1 Å². The van der Waals surface area contributed by atoms with Gasteiger partial charge in [0.05, 0.1) is 31.0 Å². The Morgan fingerprint density at radius 1 is 1.58 bits per heavy atom. The van der Waals surface area contributed by atoms with Gasteiger partial charge in [-0.3, -0.25) is 9.78 Å². The zero-order valence-corrected chi connectivity index (χ0v) is 10.3. The van der Waals surface area contributed by atoms with E-state index in [-0.39, 0.29) is 19.0 Å². The van der Waals surface area contributed by atoms with Crippen molar-refractivity contribution in [2.24, 2.45) is 0 Å². The molecule has 0 aromatic carbocycles. The van der Waals surface area contributed by atoms with Crippen molar-refractivity contribution >= 4 is 17.7 Å². The number of amides is 2. The lowest BCUT2D eigenvalue weighted by atomic mass is 10.2. The predicted octanol–water partition coefficient (Wildman–Crippen LogP) is 0.789. The highest BCUT2D eigenvalue weighted by Gasteiger charge is 2.25. The number of hydrogen-bond acceptors (Lipinski definition) is 4. The van der Waals surface area contributed by atoms with Crippen LogP contribution in [0.15, 0.2) is 24.5 Å². The van der Waals surface area contributed by atoms with E-state index in [2.05, 4.69) is 10.3 Å². The molecule has 0 radical (unpaired) electrons. The molecule has 7 nitrogen and oxygen atoms in total. The molecule has 2 heterocycles. The van der Waals surface area contributed by atoms with Crippen LogP contribution < -0.4 is 5.32 Å². The number of aliphatic carboxylic acids is 1. The van der Waals surface area contributed by atoms with Crippen LogP contribution in [0.4, 0.5) is 10.5 Å². The van der Waals surface area contributed by atoms with E-state index >= 15 is 0 Å². The van der Waals surface area contributed by atoms with Crippen LogP contribution in [0, 0.1) is 0 Å². The maximum Gasteiger partial charge on any atom is 0.322 e. The molecule has 2 rings (SSSR count). The third-order valence-electron chi connectivity index (χ3n) is 2.74. The first kappa shape index (κ1) is 13.3. The normalized spacial score (nSPS) is 18.9. The Balaban J connectivity index is 1.90. The van der Waals surface area contributed by atoms with Crippen LogP contribution >= 0.6 is 0 Å². The Labute approximate surface area is 110 Å². The number of carbonyl (C=O) groups is 2. The molecule has 0 spiro atoms. The van der Waals surface area contributed by atoms with Gasteiger partial charge in [-0.25, -0.2) is 4.79 Å². The average molecular weight is 265 g/mol. The van der Waals surface area contributed by atoms with Gasteiger partial charge < -0.3 is 20.1 Å². The van der Waals surface area contributed by atoms with E-state index in [4.69, 9.17) is 9.84 Å². The molecule has 0 saturated carbocycles. The lowest BCUT2D eigenvalue weighted by Gasteiger charge is -2.32. The number of urea groups is 1. The molecule has 1 aromatic heterocycles.